The van der Waals surface area contributed by atoms with Gasteiger partial charge in [-0.2, -0.15) is 0 Å². The number of benzene rings is 1. The molecule has 1 rings (SSSR count). The first-order chi connectivity index (χ1) is 8.19. The standard InChI is InChI=1S/C14H23NOS/c1-5-10-15-11(2)12(3)17-14-9-7-6-8-13(14)16-4/h6-9,11-12,15H,5,10H2,1-4H3. The second-order valence-electron chi connectivity index (χ2n) is 4.22. The fourth-order valence-electron chi connectivity index (χ4n) is 1.56. The van der Waals surface area contributed by atoms with Crippen molar-refractivity contribution >= 4 is 11.8 Å². The molecule has 0 heterocycles. The summed E-state index contributed by atoms with van der Waals surface area (Å²) in [5.74, 6) is 0.965. The molecule has 0 radical (unpaired) electrons. The van der Waals surface area contributed by atoms with E-state index in [2.05, 4.69) is 38.2 Å². The van der Waals surface area contributed by atoms with Crippen molar-refractivity contribution in [2.45, 2.75) is 43.4 Å². The first-order valence-electron chi connectivity index (χ1n) is 6.22. The van der Waals surface area contributed by atoms with Gasteiger partial charge in [0.1, 0.15) is 5.75 Å². The quantitative estimate of drug-likeness (QED) is 0.751. The van der Waals surface area contributed by atoms with Crippen LogP contribution in [0.25, 0.3) is 0 Å². The van der Waals surface area contributed by atoms with E-state index < -0.39 is 0 Å². The Balaban J connectivity index is 2.57. The average Bonchev–Trinajstić information content (AvgIpc) is 2.36. The summed E-state index contributed by atoms with van der Waals surface area (Å²) < 4.78 is 5.37. The second kappa shape index (κ2) is 7.62. The van der Waals surface area contributed by atoms with Crippen molar-refractivity contribution in [2.24, 2.45) is 0 Å². The van der Waals surface area contributed by atoms with E-state index in [1.807, 2.05) is 23.9 Å². The molecule has 0 aliphatic rings. The Hall–Kier alpha value is -0.670. The SMILES string of the molecule is CCCNC(C)C(C)Sc1ccccc1OC. The number of methoxy groups -OCH3 is 1. The van der Waals surface area contributed by atoms with Crippen LogP contribution in [0.5, 0.6) is 5.75 Å². The molecule has 0 saturated heterocycles. The van der Waals surface area contributed by atoms with Crippen molar-refractivity contribution in [3.63, 3.8) is 0 Å². The molecular formula is C14H23NOS. The third-order valence-corrected chi connectivity index (χ3v) is 4.17. The third-order valence-electron chi connectivity index (χ3n) is 2.80. The lowest BCUT2D eigenvalue weighted by atomic mass is 10.2. The van der Waals surface area contributed by atoms with Gasteiger partial charge in [0.25, 0.3) is 0 Å². The van der Waals surface area contributed by atoms with E-state index in [-0.39, 0.29) is 0 Å². The van der Waals surface area contributed by atoms with Crippen LogP contribution in [-0.4, -0.2) is 24.9 Å². The normalized spacial score (nSPS) is 14.4. The molecule has 0 amide bonds. The zero-order valence-electron chi connectivity index (χ0n) is 11.2. The Morgan fingerprint density at radius 1 is 1.29 bits per heavy atom. The van der Waals surface area contributed by atoms with Crippen molar-refractivity contribution < 1.29 is 4.74 Å². The first kappa shape index (κ1) is 14.4. The van der Waals surface area contributed by atoms with Crippen molar-refractivity contribution in [1.82, 2.24) is 5.32 Å². The van der Waals surface area contributed by atoms with Gasteiger partial charge in [0.05, 0.1) is 7.11 Å². The Morgan fingerprint density at radius 3 is 2.65 bits per heavy atom. The Bertz CT molecular complexity index is 330. The fourth-order valence-corrected chi connectivity index (χ4v) is 2.68. The molecule has 0 aromatic heterocycles. The maximum Gasteiger partial charge on any atom is 0.132 e. The molecule has 0 fully saturated rings. The molecule has 2 atom stereocenters. The molecule has 17 heavy (non-hydrogen) atoms. The van der Waals surface area contributed by atoms with Gasteiger partial charge in [0, 0.05) is 16.2 Å². The Morgan fingerprint density at radius 2 is 2.00 bits per heavy atom. The molecule has 2 nitrogen and oxygen atoms in total. The van der Waals surface area contributed by atoms with Crippen LogP contribution in [0.3, 0.4) is 0 Å². The predicted octanol–water partition coefficient (Wildman–Crippen LogP) is 3.56. The monoisotopic (exact) mass is 253 g/mol. The molecule has 0 spiro atoms. The maximum absolute atomic E-state index is 5.37. The number of hydrogen-bond acceptors (Lipinski definition) is 3. The van der Waals surface area contributed by atoms with Gasteiger partial charge < -0.3 is 10.1 Å². The van der Waals surface area contributed by atoms with Gasteiger partial charge in [0.15, 0.2) is 0 Å². The van der Waals surface area contributed by atoms with E-state index in [0.717, 1.165) is 12.3 Å². The summed E-state index contributed by atoms with van der Waals surface area (Å²) >= 11 is 1.87. The van der Waals surface area contributed by atoms with Gasteiger partial charge in [-0.05, 0) is 32.0 Å². The van der Waals surface area contributed by atoms with Gasteiger partial charge in [-0.3, -0.25) is 0 Å². The molecule has 0 aliphatic carbocycles. The van der Waals surface area contributed by atoms with Crippen molar-refractivity contribution in [1.29, 1.82) is 0 Å². The highest BCUT2D eigenvalue weighted by Crippen LogP contribution is 2.32. The molecule has 1 N–H and O–H groups in total. The summed E-state index contributed by atoms with van der Waals surface area (Å²) in [6, 6.07) is 8.70. The van der Waals surface area contributed by atoms with Crippen molar-refractivity contribution in [3.8, 4) is 5.75 Å². The summed E-state index contributed by atoms with van der Waals surface area (Å²) in [5, 5.41) is 4.05. The van der Waals surface area contributed by atoms with E-state index in [0.29, 0.717) is 11.3 Å². The largest absolute Gasteiger partial charge is 0.496 e. The van der Waals surface area contributed by atoms with Gasteiger partial charge in [0.2, 0.25) is 0 Å². The number of thioether (sulfide) groups is 1. The number of ether oxygens (including phenoxy) is 1. The number of para-hydroxylation sites is 1. The highest BCUT2D eigenvalue weighted by Gasteiger charge is 2.14. The highest BCUT2D eigenvalue weighted by atomic mass is 32.2. The van der Waals surface area contributed by atoms with Gasteiger partial charge in [-0.1, -0.05) is 26.0 Å². The van der Waals surface area contributed by atoms with Crippen molar-refractivity contribution in [3.05, 3.63) is 24.3 Å². The molecule has 0 saturated carbocycles. The minimum atomic E-state index is 0.505. The maximum atomic E-state index is 5.37. The van der Waals surface area contributed by atoms with Gasteiger partial charge >= 0.3 is 0 Å². The van der Waals surface area contributed by atoms with Crippen LogP contribution in [-0.2, 0) is 0 Å². The van der Waals surface area contributed by atoms with Gasteiger partial charge in [-0.15, -0.1) is 11.8 Å². The highest BCUT2D eigenvalue weighted by molar-refractivity contribution is 8.00. The summed E-state index contributed by atoms with van der Waals surface area (Å²) in [7, 11) is 1.73. The Labute approximate surface area is 109 Å². The number of hydrogen-bond donors (Lipinski definition) is 1. The fraction of sp³-hybridized carbons (Fsp3) is 0.571. The minimum absolute atomic E-state index is 0.505. The van der Waals surface area contributed by atoms with Crippen LogP contribution in [0, 0.1) is 0 Å². The summed E-state index contributed by atoms with van der Waals surface area (Å²) in [4.78, 5) is 1.22. The zero-order valence-corrected chi connectivity index (χ0v) is 12.0. The molecule has 0 aliphatic heterocycles. The molecule has 1 aromatic carbocycles. The summed E-state index contributed by atoms with van der Waals surface area (Å²) in [6.45, 7) is 7.77. The molecule has 96 valence electrons. The molecule has 3 heteroatoms. The lowest BCUT2D eigenvalue weighted by Crippen LogP contribution is -2.34. The Kier molecular flexibility index (Phi) is 6.45. The van der Waals surface area contributed by atoms with Crippen LogP contribution >= 0.6 is 11.8 Å². The average molecular weight is 253 g/mol. The van der Waals surface area contributed by atoms with Crippen LogP contribution < -0.4 is 10.1 Å². The zero-order chi connectivity index (χ0) is 12.7. The summed E-state index contributed by atoms with van der Waals surface area (Å²) in [6.07, 6.45) is 1.18. The van der Waals surface area contributed by atoms with E-state index in [1.165, 1.54) is 11.3 Å². The van der Waals surface area contributed by atoms with E-state index in [1.54, 1.807) is 7.11 Å². The van der Waals surface area contributed by atoms with Crippen LogP contribution in [0.2, 0.25) is 0 Å². The first-order valence-corrected chi connectivity index (χ1v) is 7.10. The predicted molar refractivity (Wildman–Crippen MR) is 76.1 cm³/mol. The van der Waals surface area contributed by atoms with E-state index in [9.17, 15) is 0 Å². The topological polar surface area (TPSA) is 21.3 Å². The second-order valence-corrected chi connectivity index (χ2v) is 5.64. The van der Waals surface area contributed by atoms with Crippen LogP contribution in [0.4, 0.5) is 0 Å². The molecule has 1 aromatic rings. The van der Waals surface area contributed by atoms with Crippen LogP contribution in [0.15, 0.2) is 29.2 Å². The lowest BCUT2D eigenvalue weighted by molar-refractivity contribution is 0.404. The van der Waals surface area contributed by atoms with Crippen molar-refractivity contribution in [2.75, 3.05) is 13.7 Å². The van der Waals surface area contributed by atoms with E-state index >= 15 is 0 Å². The molecular weight excluding hydrogens is 230 g/mol. The molecule has 2 unspecified atom stereocenters. The van der Waals surface area contributed by atoms with Gasteiger partial charge in [-0.25, -0.2) is 0 Å². The molecule has 0 bridgehead atoms. The number of rotatable bonds is 7. The number of nitrogens with one attached hydrogen (secondary N) is 1. The van der Waals surface area contributed by atoms with Crippen LogP contribution in [0.1, 0.15) is 27.2 Å². The summed E-state index contributed by atoms with van der Waals surface area (Å²) in [5.41, 5.74) is 0. The third kappa shape index (κ3) is 4.60. The lowest BCUT2D eigenvalue weighted by Gasteiger charge is -2.21. The van der Waals surface area contributed by atoms with E-state index in [4.69, 9.17) is 4.74 Å². The smallest absolute Gasteiger partial charge is 0.132 e. The minimum Gasteiger partial charge on any atom is -0.496 e.